The summed E-state index contributed by atoms with van der Waals surface area (Å²) in [6.07, 6.45) is 5.78. The molecule has 3 aliphatic rings. The predicted molar refractivity (Wildman–Crippen MR) is 123 cm³/mol. The molecule has 0 N–H and O–H groups in total. The van der Waals surface area contributed by atoms with E-state index in [4.69, 9.17) is 4.74 Å². The number of aryl methyl sites for hydroxylation is 1. The van der Waals surface area contributed by atoms with Crippen molar-refractivity contribution in [1.29, 1.82) is 0 Å². The molecule has 4 nitrogen and oxygen atoms in total. The highest BCUT2D eigenvalue weighted by molar-refractivity contribution is 5.90. The molecule has 2 bridgehead atoms. The Kier molecular flexibility index (Phi) is 5.33. The molecule has 3 fully saturated rings. The number of nitrogens with zero attached hydrogens (tertiary/aromatic N) is 2. The summed E-state index contributed by atoms with van der Waals surface area (Å²) in [6.45, 7) is 8.09. The van der Waals surface area contributed by atoms with E-state index in [1.165, 1.54) is 6.42 Å². The van der Waals surface area contributed by atoms with Crippen molar-refractivity contribution in [1.82, 2.24) is 9.88 Å². The van der Waals surface area contributed by atoms with Gasteiger partial charge in [-0.15, -0.1) is 6.58 Å². The average molecular weight is 413 g/mol. The van der Waals surface area contributed by atoms with Gasteiger partial charge in [0, 0.05) is 23.7 Å². The van der Waals surface area contributed by atoms with Crippen LogP contribution in [0, 0.1) is 18.8 Å². The molecule has 2 aromatic carbocycles. The smallest absolute Gasteiger partial charge is 0.338 e. The third kappa shape index (κ3) is 3.77. The Hall–Kier alpha value is -2.98. The molecule has 3 saturated heterocycles. The van der Waals surface area contributed by atoms with Crippen molar-refractivity contribution in [2.45, 2.75) is 31.9 Å². The number of piperidine rings is 3. The molecule has 0 radical (unpaired) electrons. The van der Waals surface area contributed by atoms with Crippen molar-refractivity contribution >= 4 is 16.9 Å². The lowest BCUT2D eigenvalue weighted by Crippen LogP contribution is -2.55. The lowest BCUT2D eigenvalue weighted by Gasteiger charge is -2.51. The number of carbonyl (C=O) groups is 1. The molecule has 5 atom stereocenters. The van der Waals surface area contributed by atoms with Crippen molar-refractivity contribution in [2.75, 3.05) is 13.1 Å². The second-order valence-corrected chi connectivity index (χ2v) is 8.86. The second-order valence-electron chi connectivity index (χ2n) is 8.86. The predicted octanol–water partition coefficient (Wildman–Crippen LogP) is 5.34. The summed E-state index contributed by atoms with van der Waals surface area (Å²) in [4.78, 5) is 20.2. The molecule has 158 valence electrons. The highest BCUT2D eigenvalue weighted by Gasteiger charge is 2.44. The number of fused-ring (bicyclic) bond motifs is 4. The third-order valence-electron chi connectivity index (χ3n) is 7.01. The first-order valence-electron chi connectivity index (χ1n) is 11.1. The van der Waals surface area contributed by atoms with Crippen molar-refractivity contribution in [3.63, 3.8) is 0 Å². The number of hydrogen-bond acceptors (Lipinski definition) is 4. The summed E-state index contributed by atoms with van der Waals surface area (Å²) in [6, 6.07) is 17.9. The van der Waals surface area contributed by atoms with Crippen LogP contribution >= 0.6 is 0 Å². The minimum Gasteiger partial charge on any atom is -0.452 e. The summed E-state index contributed by atoms with van der Waals surface area (Å²) in [7, 11) is 0. The zero-order chi connectivity index (χ0) is 21.4. The Morgan fingerprint density at radius 2 is 2.00 bits per heavy atom. The topological polar surface area (TPSA) is 42.4 Å². The van der Waals surface area contributed by atoms with Crippen LogP contribution in [0.2, 0.25) is 0 Å². The fourth-order valence-corrected chi connectivity index (χ4v) is 5.28. The first kappa shape index (κ1) is 20.0. The zero-order valence-electron chi connectivity index (χ0n) is 17.9. The van der Waals surface area contributed by atoms with E-state index in [1.807, 2.05) is 61.7 Å². The van der Waals surface area contributed by atoms with Crippen LogP contribution in [0.1, 0.15) is 40.4 Å². The van der Waals surface area contributed by atoms with Gasteiger partial charge >= 0.3 is 5.97 Å². The number of aromatic nitrogens is 1. The number of hydrogen-bond donors (Lipinski definition) is 0. The fourth-order valence-electron chi connectivity index (χ4n) is 5.28. The summed E-state index contributed by atoms with van der Waals surface area (Å²) >= 11 is 0. The van der Waals surface area contributed by atoms with Crippen LogP contribution in [0.4, 0.5) is 0 Å². The number of carbonyl (C=O) groups excluding carboxylic acids is 1. The van der Waals surface area contributed by atoms with Gasteiger partial charge in [-0.3, -0.25) is 9.88 Å². The van der Waals surface area contributed by atoms with E-state index in [1.54, 1.807) is 0 Å². The molecule has 0 aliphatic carbocycles. The van der Waals surface area contributed by atoms with E-state index < -0.39 is 0 Å². The van der Waals surface area contributed by atoms with E-state index in [-0.39, 0.29) is 18.1 Å². The highest BCUT2D eigenvalue weighted by atomic mass is 16.5. The zero-order valence-corrected chi connectivity index (χ0v) is 17.9. The van der Waals surface area contributed by atoms with Gasteiger partial charge in [0.25, 0.3) is 0 Å². The molecule has 4 heteroatoms. The van der Waals surface area contributed by atoms with Crippen LogP contribution in [0.25, 0.3) is 10.9 Å². The van der Waals surface area contributed by atoms with Crippen LogP contribution in [0.5, 0.6) is 0 Å². The largest absolute Gasteiger partial charge is 0.452 e. The molecule has 0 saturated carbocycles. The van der Waals surface area contributed by atoms with Gasteiger partial charge in [-0.2, -0.15) is 0 Å². The third-order valence-corrected chi connectivity index (χ3v) is 7.01. The summed E-state index contributed by atoms with van der Waals surface area (Å²) < 4.78 is 6.30. The number of pyridine rings is 1. The number of benzene rings is 2. The molecule has 6 rings (SSSR count). The Morgan fingerprint density at radius 3 is 2.74 bits per heavy atom. The standard InChI is InChI=1S/C27H28N2O2/c1-3-19-17-29-15-13-21(19)16-25(29)26(31-27(30)20-10-8-18(2)9-11-20)23-12-14-28-24-7-5-4-6-22(23)24/h3-12,14,19,21,25-26H,1,13,15-17H2,2H3/t19-,21+,25-,26-/m1/s1. The maximum Gasteiger partial charge on any atom is 0.338 e. The lowest BCUT2D eigenvalue weighted by molar-refractivity contribution is -0.0568. The van der Waals surface area contributed by atoms with E-state index in [0.29, 0.717) is 17.4 Å². The van der Waals surface area contributed by atoms with Crippen molar-refractivity contribution in [2.24, 2.45) is 11.8 Å². The minimum atomic E-state index is -0.338. The van der Waals surface area contributed by atoms with Crippen LogP contribution < -0.4 is 0 Å². The summed E-state index contributed by atoms with van der Waals surface area (Å²) in [5, 5.41) is 1.05. The van der Waals surface area contributed by atoms with Gasteiger partial charge in [-0.05, 0) is 62.4 Å². The monoisotopic (exact) mass is 412 g/mol. The maximum atomic E-state index is 13.2. The van der Waals surface area contributed by atoms with Gasteiger partial charge in [-0.25, -0.2) is 4.79 Å². The van der Waals surface area contributed by atoms with Gasteiger partial charge in [0.1, 0.15) is 6.10 Å². The second kappa shape index (κ2) is 8.27. The van der Waals surface area contributed by atoms with E-state index >= 15 is 0 Å². The van der Waals surface area contributed by atoms with Crippen LogP contribution in [-0.2, 0) is 4.74 Å². The molecule has 0 amide bonds. The van der Waals surface area contributed by atoms with Crippen molar-refractivity contribution < 1.29 is 9.53 Å². The molecule has 1 aromatic heterocycles. The van der Waals surface area contributed by atoms with E-state index in [2.05, 4.69) is 28.6 Å². The normalized spacial score (nSPS) is 25.8. The molecule has 0 spiro atoms. The first-order chi connectivity index (χ1) is 15.1. The van der Waals surface area contributed by atoms with E-state index in [9.17, 15) is 4.79 Å². The van der Waals surface area contributed by atoms with E-state index in [0.717, 1.165) is 41.5 Å². The average Bonchev–Trinajstić information content (AvgIpc) is 2.82. The number of rotatable bonds is 5. The minimum absolute atomic E-state index is 0.162. The fraction of sp³-hybridized carbons (Fsp3) is 0.333. The molecular weight excluding hydrogens is 384 g/mol. The van der Waals surface area contributed by atoms with Crippen LogP contribution in [-0.4, -0.2) is 35.0 Å². The molecule has 1 unspecified atom stereocenters. The van der Waals surface area contributed by atoms with Gasteiger partial charge in [0.2, 0.25) is 0 Å². The van der Waals surface area contributed by atoms with Crippen LogP contribution in [0.3, 0.4) is 0 Å². The molecule has 3 aliphatic heterocycles. The Morgan fingerprint density at radius 1 is 1.19 bits per heavy atom. The quantitative estimate of drug-likeness (QED) is 0.419. The summed E-state index contributed by atoms with van der Waals surface area (Å²) in [5.41, 5.74) is 3.68. The molecule has 4 heterocycles. The van der Waals surface area contributed by atoms with Gasteiger partial charge in [-0.1, -0.05) is 42.0 Å². The maximum absolute atomic E-state index is 13.2. The molecule has 31 heavy (non-hydrogen) atoms. The van der Waals surface area contributed by atoms with Crippen molar-refractivity contribution in [3.05, 3.63) is 90.1 Å². The summed E-state index contributed by atoms with van der Waals surface area (Å²) in [5.74, 6) is 0.850. The first-order valence-corrected chi connectivity index (χ1v) is 11.1. The Labute approximate surface area is 183 Å². The number of para-hydroxylation sites is 1. The van der Waals surface area contributed by atoms with Crippen molar-refractivity contribution in [3.8, 4) is 0 Å². The Bertz CT molecular complexity index is 1100. The number of esters is 1. The molecule has 3 aromatic rings. The van der Waals surface area contributed by atoms with Gasteiger partial charge in [0.05, 0.1) is 17.1 Å². The Balaban J connectivity index is 1.53. The molecular formula is C27H28N2O2. The lowest BCUT2D eigenvalue weighted by atomic mass is 9.73. The van der Waals surface area contributed by atoms with Crippen LogP contribution in [0.15, 0.2) is 73.4 Å². The highest BCUT2D eigenvalue weighted by Crippen LogP contribution is 2.43. The number of ether oxygens (including phenoxy) is 1. The SMILES string of the molecule is C=C[C@@H]1CN2CC[C@H]1C[C@@H]2[C@H](OC(=O)c1ccc(C)cc1)c1ccnc2ccccc12. The van der Waals surface area contributed by atoms with Gasteiger partial charge < -0.3 is 4.74 Å². The van der Waals surface area contributed by atoms with Gasteiger partial charge in [0.15, 0.2) is 0 Å².